The van der Waals surface area contributed by atoms with E-state index >= 15 is 0 Å². The van der Waals surface area contributed by atoms with Gasteiger partial charge in [-0.05, 0) is 66.7 Å². The number of halogens is 1. The Balaban J connectivity index is 1.43. The number of thioether (sulfide) groups is 1. The van der Waals surface area contributed by atoms with Crippen molar-refractivity contribution in [2.75, 3.05) is 23.5 Å². The Kier molecular flexibility index (Phi) is 9.99. The SMILES string of the molecule is COc1ccccc1/C=C(\NC(=O)c1ccccc1)C(=O)Nc1ccc(SCC(=O)Nc2cccc(Cl)c2)cc1. The zero-order valence-electron chi connectivity index (χ0n) is 21.5. The fourth-order valence-corrected chi connectivity index (χ4v) is 4.52. The van der Waals surface area contributed by atoms with Crippen LogP contribution in [0.25, 0.3) is 6.08 Å². The summed E-state index contributed by atoms with van der Waals surface area (Å²) in [4.78, 5) is 39.3. The molecular weight excluding hydrogens is 546 g/mol. The molecule has 0 bridgehead atoms. The number of para-hydroxylation sites is 1. The van der Waals surface area contributed by atoms with Gasteiger partial charge in [-0.3, -0.25) is 14.4 Å². The molecule has 40 heavy (non-hydrogen) atoms. The van der Waals surface area contributed by atoms with Crippen LogP contribution < -0.4 is 20.7 Å². The van der Waals surface area contributed by atoms with Crippen molar-refractivity contribution in [1.29, 1.82) is 0 Å². The minimum Gasteiger partial charge on any atom is -0.496 e. The first kappa shape index (κ1) is 28.5. The van der Waals surface area contributed by atoms with Crippen LogP contribution in [0.4, 0.5) is 11.4 Å². The molecule has 0 spiro atoms. The van der Waals surface area contributed by atoms with Crippen molar-refractivity contribution in [2.45, 2.75) is 4.90 Å². The van der Waals surface area contributed by atoms with Crippen LogP contribution in [0.15, 0.2) is 114 Å². The van der Waals surface area contributed by atoms with Gasteiger partial charge in [0.25, 0.3) is 11.8 Å². The molecule has 3 N–H and O–H groups in total. The molecule has 0 atom stereocenters. The lowest BCUT2D eigenvalue weighted by atomic mass is 10.1. The Hall–Kier alpha value is -4.53. The molecule has 4 rings (SSSR count). The van der Waals surface area contributed by atoms with E-state index in [1.54, 1.807) is 91.0 Å². The number of anilines is 2. The number of carbonyl (C=O) groups is 3. The van der Waals surface area contributed by atoms with Crippen molar-refractivity contribution in [1.82, 2.24) is 5.32 Å². The van der Waals surface area contributed by atoms with Gasteiger partial charge in [-0.15, -0.1) is 11.8 Å². The summed E-state index contributed by atoms with van der Waals surface area (Å²) in [7, 11) is 1.54. The molecule has 0 radical (unpaired) electrons. The van der Waals surface area contributed by atoms with Crippen molar-refractivity contribution in [2.24, 2.45) is 0 Å². The van der Waals surface area contributed by atoms with E-state index in [9.17, 15) is 14.4 Å². The summed E-state index contributed by atoms with van der Waals surface area (Å²) in [5.74, 6) is -0.321. The van der Waals surface area contributed by atoms with E-state index in [2.05, 4.69) is 16.0 Å². The third-order valence-corrected chi connectivity index (χ3v) is 6.81. The largest absolute Gasteiger partial charge is 0.496 e. The van der Waals surface area contributed by atoms with Crippen molar-refractivity contribution in [3.05, 3.63) is 125 Å². The Morgan fingerprint density at radius 3 is 2.27 bits per heavy atom. The monoisotopic (exact) mass is 571 g/mol. The Bertz CT molecular complexity index is 1530. The number of nitrogens with one attached hydrogen (secondary N) is 3. The summed E-state index contributed by atoms with van der Waals surface area (Å²) < 4.78 is 5.40. The van der Waals surface area contributed by atoms with E-state index in [1.165, 1.54) is 18.9 Å². The van der Waals surface area contributed by atoms with Crippen molar-refractivity contribution in [3.63, 3.8) is 0 Å². The molecule has 0 aliphatic carbocycles. The van der Waals surface area contributed by atoms with Gasteiger partial charge >= 0.3 is 0 Å². The van der Waals surface area contributed by atoms with Crippen LogP contribution in [0.5, 0.6) is 5.75 Å². The molecule has 0 heterocycles. The zero-order chi connectivity index (χ0) is 28.3. The predicted molar refractivity (Wildman–Crippen MR) is 161 cm³/mol. The lowest BCUT2D eigenvalue weighted by Gasteiger charge is -2.13. The molecule has 0 aliphatic heterocycles. The van der Waals surface area contributed by atoms with Crippen LogP contribution in [0.2, 0.25) is 5.02 Å². The second kappa shape index (κ2) is 14.0. The van der Waals surface area contributed by atoms with Crippen LogP contribution in [-0.2, 0) is 9.59 Å². The van der Waals surface area contributed by atoms with Gasteiger partial charge in [0.15, 0.2) is 0 Å². The van der Waals surface area contributed by atoms with Gasteiger partial charge < -0.3 is 20.7 Å². The van der Waals surface area contributed by atoms with E-state index in [0.29, 0.717) is 33.3 Å². The maximum absolute atomic E-state index is 13.3. The number of hydrogen-bond donors (Lipinski definition) is 3. The summed E-state index contributed by atoms with van der Waals surface area (Å²) in [5, 5.41) is 8.89. The van der Waals surface area contributed by atoms with Crippen LogP contribution in [0.1, 0.15) is 15.9 Å². The maximum Gasteiger partial charge on any atom is 0.272 e. The summed E-state index contributed by atoms with van der Waals surface area (Å²) in [6.07, 6.45) is 1.57. The number of ether oxygens (including phenoxy) is 1. The van der Waals surface area contributed by atoms with Gasteiger partial charge in [0, 0.05) is 32.4 Å². The minimum absolute atomic E-state index is 0.0505. The van der Waals surface area contributed by atoms with Gasteiger partial charge in [0.05, 0.1) is 12.9 Å². The second-order valence-corrected chi connectivity index (χ2v) is 9.93. The fraction of sp³-hybridized carbons (Fsp3) is 0.0645. The molecule has 0 aliphatic rings. The van der Waals surface area contributed by atoms with Crippen LogP contribution >= 0.6 is 23.4 Å². The first-order chi connectivity index (χ1) is 19.4. The van der Waals surface area contributed by atoms with E-state index < -0.39 is 11.8 Å². The Morgan fingerprint density at radius 1 is 0.825 bits per heavy atom. The average molecular weight is 572 g/mol. The van der Waals surface area contributed by atoms with Crippen LogP contribution in [0.3, 0.4) is 0 Å². The highest BCUT2D eigenvalue weighted by Crippen LogP contribution is 2.23. The molecule has 202 valence electrons. The molecule has 9 heteroatoms. The highest BCUT2D eigenvalue weighted by atomic mass is 35.5. The van der Waals surface area contributed by atoms with Gasteiger partial charge in [0.1, 0.15) is 11.4 Å². The topological polar surface area (TPSA) is 96.5 Å². The lowest BCUT2D eigenvalue weighted by molar-refractivity contribution is -0.114. The molecule has 0 saturated heterocycles. The first-order valence-electron chi connectivity index (χ1n) is 12.2. The smallest absolute Gasteiger partial charge is 0.272 e. The summed E-state index contributed by atoms with van der Waals surface area (Å²) in [6.45, 7) is 0. The summed E-state index contributed by atoms with van der Waals surface area (Å²) in [6, 6.07) is 29.9. The number of benzene rings is 4. The Labute approximate surface area is 241 Å². The molecule has 4 aromatic carbocycles. The number of rotatable bonds is 10. The van der Waals surface area contributed by atoms with Crippen LogP contribution in [0, 0.1) is 0 Å². The van der Waals surface area contributed by atoms with E-state index in [1.807, 2.05) is 18.2 Å². The molecular formula is C31H26ClN3O4S. The molecule has 0 fully saturated rings. The van der Waals surface area contributed by atoms with Gasteiger partial charge in [0.2, 0.25) is 5.91 Å². The second-order valence-electron chi connectivity index (χ2n) is 8.45. The molecule has 0 unspecified atom stereocenters. The maximum atomic E-state index is 13.3. The lowest BCUT2D eigenvalue weighted by Crippen LogP contribution is -2.30. The molecule has 3 amide bonds. The van der Waals surface area contributed by atoms with Crippen molar-refractivity contribution >= 4 is 58.5 Å². The van der Waals surface area contributed by atoms with Gasteiger partial charge in [-0.25, -0.2) is 0 Å². The predicted octanol–water partition coefficient (Wildman–Crippen LogP) is 6.49. The van der Waals surface area contributed by atoms with E-state index in [-0.39, 0.29) is 17.4 Å². The van der Waals surface area contributed by atoms with Crippen molar-refractivity contribution in [3.8, 4) is 5.75 Å². The third-order valence-electron chi connectivity index (χ3n) is 5.56. The van der Waals surface area contributed by atoms with Crippen LogP contribution in [-0.4, -0.2) is 30.6 Å². The number of methoxy groups -OCH3 is 1. The van der Waals surface area contributed by atoms with Crippen molar-refractivity contribution < 1.29 is 19.1 Å². The normalized spacial score (nSPS) is 10.9. The quantitative estimate of drug-likeness (QED) is 0.149. The number of hydrogen-bond acceptors (Lipinski definition) is 5. The van der Waals surface area contributed by atoms with Gasteiger partial charge in [-0.1, -0.05) is 54.1 Å². The summed E-state index contributed by atoms with van der Waals surface area (Å²) >= 11 is 7.32. The number of amides is 3. The molecule has 0 aromatic heterocycles. The summed E-state index contributed by atoms with van der Waals surface area (Å²) in [5.41, 5.74) is 2.26. The first-order valence-corrected chi connectivity index (χ1v) is 13.6. The zero-order valence-corrected chi connectivity index (χ0v) is 23.1. The highest BCUT2D eigenvalue weighted by molar-refractivity contribution is 8.00. The van der Waals surface area contributed by atoms with E-state index in [4.69, 9.17) is 16.3 Å². The fourth-order valence-electron chi connectivity index (χ4n) is 3.63. The molecule has 0 saturated carbocycles. The standard InChI is InChI=1S/C31H26ClN3O4S/c1-39-28-13-6-5-10-22(28)18-27(35-30(37)21-8-3-2-4-9-21)31(38)34-24-14-16-26(17-15-24)40-20-29(36)33-25-12-7-11-23(32)19-25/h2-19H,20H2,1H3,(H,33,36)(H,34,38)(H,35,37)/b27-18-. The molecule has 4 aromatic rings. The number of carbonyl (C=O) groups excluding carboxylic acids is 3. The van der Waals surface area contributed by atoms with Gasteiger partial charge in [-0.2, -0.15) is 0 Å². The van der Waals surface area contributed by atoms with E-state index in [0.717, 1.165) is 4.90 Å². The molecule has 7 nitrogen and oxygen atoms in total. The average Bonchev–Trinajstić information content (AvgIpc) is 2.97. The third kappa shape index (κ3) is 8.23. The minimum atomic E-state index is -0.503. The highest BCUT2D eigenvalue weighted by Gasteiger charge is 2.16. The Morgan fingerprint density at radius 2 is 1.55 bits per heavy atom.